The first-order valence-corrected chi connectivity index (χ1v) is 5.30. The molecule has 2 unspecified atom stereocenters. The van der Waals surface area contributed by atoms with Gasteiger partial charge in [0.2, 0.25) is 5.91 Å². The van der Waals surface area contributed by atoms with Crippen molar-refractivity contribution in [2.75, 3.05) is 6.54 Å². The fourth-order valence-electron chi connectivity index (χ4n) is 1.24. The molecular formula is C10H19F3N2O. The van der Waals surface area contributed by atoms with Crippen molar-refractivity contribution in [3.8, 4) is 0 Å². The van der Waals surface area contributed by atoms with Crippen LogP contribution in [0.5, 0.6) is 0 Å². The molecule has 0 aromatic rings. The van der Waals surface area contributed by atoms with E-state index in [1.165, 1.54) is 6.92 Å². The largest absolute Gasteiger partial charge is 0.391 e. The second-order valence-corrected chi connectivity index (χ2v) is 4.17. The standard InChI is InChI=1S/C10H19F3N2O/c1-7(6-14)3-4-9(16)15-8(2)5-10(11,12)13/h7-8H,3-6,14H2,1-2H3,(H,15,16). The maximum absolute atomic E-state index is 12.0. The lowest BCUT2D eigenvalue weighted by molar-refractivity contribution is -0.141. The van der Waals surface area contributed by atoms with Crippen LogP contribution < -0.4 is 11.1 Å². The van der Waals surface area contributed by atoms with Crippen LogP contribution in [0.15, 0.2) is 0 Å². The smallest absolute Gasteiger partial charge is 0.353 e. The predicted molar refractivity (Wildman–Crippen MR) is 55.7 cm³/mol. The first-order chi connectivity index (χ1) is 7.24. The first-order valence-electron chi connectivity index (χ1n) is 5.30. The molecule has 3 nitrogen and oxygen atoms in total. The fourth-order valence-corrected chi connectivity index (χ4v) is 1.24. The zero-order valence-electron chi connectivity index (χ0n) is 9.60. The Kier molecular flexibility index (Phi) is 6.40. The van der Waals surface area contributed by atoms with Crippen LogP contribution in [0.2, 0.25) is 0 Å². The maximum Gasteiger partial charge on any atom is 0.391 e. The van der Waals surface area contributed by atoms with Crippen LogP contribution in [0.3, 0.4) is 0 Å². The SMILES string of the molecule is CC(CN)CCC(=O)NC(C)CC(F)(F)F. The van der Waals surface area contributed by atoms with E-state index in [1.54, 1.807) is 0 Å². The van der Waals surface area contributed by atoms with Crippen LogP contribution in [0, 0.1) is 5.92 Å². The summed E-state index contributed by atoms with van der Waals surface area (Å²) in [6, 6.07) is -0.874. The van der Waals surface area contributed by atoms with Gasteiger partial charge in [0.1, 0.15) is 0 Å². The van der Waals surface area contributed by atoms with Gasteiger partial charge in [0, 0.05) is 12.5 Å². The molecule has 0 aliphatic heterocycles. The molecule has 0 aliphatic carbocycles. The van der Waals surface area contributed by atoms with Crippen LogP contribution in [0.25, 0.3) is 0 Å². The van der Waals surface area contributed by atoms with Crippen LogP contribution in [-0.4, -0.2) is 24.7 Å². The van der Waals surface area contributed by atoms with Gasteiger partial charge in [0.15, 0.2) is 0 Å². The van der Waals surface area contributed by atoms with Gasteiger partial charge < -0.3 is 11.1 Å². The van der Waals surface area contributed by atoms with Gasteiger partial charge in [-0.15, -0.1) is 0 Å². The molecule has 1 amide bonds. The summed E-state index contributed by atoms with van der Waals surface area (Å²) in [6.45, 7) is 3.72. The van der Waals surface area contributed by atoms with Crippen molar-refractivity contribution in [1.82, 2.24) is 5.32 Å². The second-order valence-electron chi connectivity index (χ2n) is 4.17. The van der Waals surface area contributed by atoms with Gasteiger partial charge in [-0.05, 0) is 25.8 Å². The molecule has 0 fully saturated rings. The van der Waals surface area contributed by atoms with E-state index in [0.29, 0.717) is 13.0 Å². The van der Waals surface area contributed by atoms with Gasteiger partial charge >= 0.3 is 6.18 Å². The third-order valence-corrected chi connectivity index (χ3v) is 2.21. The lowest BCUT2D eigenvalue weighted by Crippen LogP contribution is -2.36. The quantitative estimate of drug-likeness (QED) is 0.744. The van der Waals surface area contributed by atoms with Crippen LogP contribution in [-0.2, 0) is 4.79 Å². The number of amides is 1. The van der Waals surface area contributed by atoms with Crippen molar-refractivity contribution in [2.45, 2.75) is 45.3 Å². The molecule has 0 aliphatic rings. The molecule has 0 spiro atoms. The molecule has 0 radical (unpaired) electrons. The number of nitrogens with two attached hydrogens (primary N) is 1. The van der Waals surface area contributed by atoms with Crippen LogP contribution >= 0.6 is 0 Å². The number of hydrogen-bond acceptors (Lipinski definition) is 2. The van der Waals surface area contributed by atoms with Gasteiger partial charge in [-0.3, -0.25) is 4.79 Å². The van der Waals surface area contributed by atoms with Crippen molar-refractivity contribution in [3.63, 3.8) is 0 Å². The van der Waals surface area contributed by atoms with Crippen molar-refractivity contribution in [2.24, 2.45) is 11.7 Å². The number of hydrogen-bond donors (Lipinski definition) is 2. The molecule has 0 heterocycles. The number of rotatable bonds is 6. The molecule has 16 heavy (non-hydrogen) atoms. The Morgan fingerprint density at radius 1 is 1.38 bits per heavy atom. The highest BCUT2D eigenvalue weighted by Crippen LogP contribution is 2.21. The van der Waals surface area contributed by atoms with Gasteiger partial charge in [-0.2, -0.15) is 13.2 Å². The van der Waals surface area contributed by atoms with E-state index in [2.05, 4.69) is 5.32 Å². The highest BCUT2D eigenvalue weighted by atomic mass is 19.4. The van der Waals surface area contributed by atoms with E-state index in [9.17, 15) is 18.0 Å². The summed E-state index contributed by atoms with van der Waals surface area (Å²) in [7, 11) is 0. The summed E-state index contributed by atoms with van der Waals surface area (Å²) in [5, 5.41) is 2.32. The maximum atomic E-state index is 12.0. The third-order valence-electron chi connectivity index (χ3n) is 2.21. The van der Waals surface area contributed by atoms with Crippen LogP contribution in [0.4, 0.5) is 13.2 Å². The van der Waals surface area contributed by atoms with Crippen molar-refractivity contribution < 1.29 is 18.0 Å². The number of carbonyl (C=O) groups excluding carboxylic acids is 1. The Morgan fingerprint density at radius 2 is 1.94 bits per heavy atom. The molecular weight excluding hydrogens is 221 g/mol. The van der Waals surface area contributed by atoms with Crippen molar-refractivity contribution in [3.05, 3.63) is 0 Å². The zero-order valence-corrected chi connectivity index (χ0v) is 9.60. The summed E-state index contributed by atoms with van der Waals surface area (Å²) in [4.78, 5) is 11.2. The lowest BCUT2D eigenvalue weighted by Gasteiger charge is -2.16. The molecule has 2 atom stereocenters. The van der Waals surface area contributed by atoms with E-state index in [1.807, 2.05) is 6.92 Å². The minimum absolute atomic E-state index is 0.212. The Bertz CT molecular complexity index is 219. The average molecular weight is 240 g/mol. The first kappa shape index (κ1) is 15.2. The van der Waals surface area contributed by atoms with Crippen LogP contribution in [0.1, 0.15) is 33.1 Å². The number of halogens is 3. The zero-order chi connectivity index (χ0) is 12.8. The van der Waals surface area contributed by atoms with E-state index in [4.69, 9.17) is 5.73 Å². The Labute approximate surface area is 93.6 Å². The van der Waals surface area contributed by atoms with Gasteiger partial charge in [0.25, 0.3) is 0 Å². The monoisotopic (exact) mass is 240 g/mol. The molecule has 0 aromatic carbocycles. The Morgan fingerprint density at radius 3 is 2.38 bits per heavy atom. The number of nitrogens with one attached hydrogen (secondary N) is 1. The average Bonchev–Trinajstić information content (AvgIpc) is 2.10. The minimum atomic E-state index is -4.24. The summed E-state index contributed by atoms with van der Waals surface area (Å²) in [6.07, 6.45) is -4.41. The summed E-state index contributed by atoms with van der Waals surface area (Å²) in [5.74, 6) is -0.138. The predicted octanol–water partition coefficient (Wildman–Crippen LogP) is 1.82. The highest BCUT2D eigenvalue weighted by molar-refractivity contribution is 5.76. The van der Waals surface area contributed by atoms with Gasteiger partial charge in [-0.25, -0.2) is 0 Å². The summed E-state index contributed by atoms with van der Waals surface area (Å²) < 4.78 is 35.9. The lowest BCUT2D eigenvalue weighted by atomic mass is 10.1. The molecule has 0 bridgehead atoms. The van der Waals surface area contributed by atoms with Gasteiger partial charge in [0.05, 0.1) is 6.42 Å². The summed E-state index contributed by atoms with van der Waals surface area (Å²) >= 11 is 0. The molecule has 3 N–H and O–H groups in total. The van der Waals surface area contributed by atoms with E-state index < -0.39 is 18.6 Å². The minimum Gasteiger partial charge on any atom is -0.353 e. The molecule has 0 saturated carbocycles. The molecule has 6 heteroatoms. The number of carbonyl (C=O) groups is 1. The van der Waals surface area contributed by atoms with E-state index in [-0.39, 0.29) is 18.2 Å². The van der Waals surface area contributed by atoms with Crippen molar-refractivity contribution in [1.29, 1.82) is 0 Å². The van der Waals surface area contributed by atoms with Crippen molar-refractivity contribution >= 4 is 5.91 Å². The molecule has 0 saturated heterocycles. The molecule has 0 rings (SSSR count). The number of alkyl halides is 3. The second kappa shape index (κ2) is 6.73. The Hall–Kier alpha value is -0.780. The van der Waals surface area contributed by atoms with E-state index >= 15 is 0 Å². The third kappa shape index (κ3) is 8.52. The van der Waals surface area contributed by atoms with Gasteiger partial charge in [-0.1, -0.05) is 6.92 Å². The summed E-state index contributed by atoms with van der Waals surface area (Å²) in [5.41, 5.74) is 5.36. The molecule has 96 valence electrons. The normalized spacial score (nSPS) is 15.6. The molecule has 0 aromatic heterocycles. The Balaban J connectivity index is 3.79. The highest BCUT2D eigenvalue weighted by Gasteiger charge is 2.30. The van der Waals surface area contributed by atoms with E-state index in [0.717, 1.165) is 0 Å². The topological polar surface area (TPSA) is 55.1 Å². The fraction of sp³-hybridized carbons (Fsp3) is 0.900.